The number of anilines is 2. The minimum atomic E-state index is -4.43. The summed E-state index contributed by atoms with van der Waals surface area (Å²) in [5.74, 6) is -0.274. The highest BCUT2D eigenvalue weighted by Crippen LogP contribution is 2.43. The van der Waals surface area contributed by atoms with Crippen LogP contribution >= 0.6 is 0 Å². The number of aliphatic imine (C=N–C) groups is 1. The summed E-state index contributed by atoms with van der Waals surface area (Å²) in [7, 11) is 3.47. The van der Waals surface area contributed by atoms with Gasteiger partial charge in [0.05, 0.1) is 22.4 Å². The first-order chi connectivity index (χ1) is 19.3. The van der Waals surface area contributed by atoms with Crippen molar-refractivity contribution in [2.75, 3.05) is 30.5 Å². The number of nitrogens with zero attached hydrogens (tertiary/aromatic N) is 3. The van der Waals surface area contributed by atoms with Gasteiger partial charge in [-0.1, -0.05) is 30.8 Å². The largest absolute Gasteiger partial charge is 0.478 e. The van der Waals surface area contributed by atoms with E-state index in [2.05, 4.69) is 6.58 Å². The van der Waals surface area contributed by atoms with Crippen molar-refractivity contribution >= 4 is 22.8 Å². The van der Waals surface area contributed by atoms with E-state index in [9.17, 15) is 17.6 Å². The fraction of sp³-hybridized carbons (Fsp3) is 0.281. The molecule has 2 aliphatic rings. The zero-order valence-electron chi connectivity index (χ0n) is 23.2. The highest BCUT2D eigenvalue weighted by Gasteiger charge is 2.37. The van der Waals surface area contributed by atoms with Crippen molar-refractivity contribution in [1.82, 2.24) is 0 Å². The van der Waals surface area contributed by atoms with Crippen molar-refractivity contribution in [2.45, 2.75) is 38.0 Å². The Morgan fingerprint density at radius 2 is 1.61 bits per heavy atom. The van der Waals surface area contributed by atoms with Gasteiger partial charge in [0.2, 0.25) is 0 Å². The molecule has 0 saturated heterocycles. The van der Waals surface area contributed by atoms with E-state index in [1.807, 2.05) is 24.9 Å². The molecule has 3 aromatic rings. The fourth-order valence-corrected chi connectivity index (χ4v) is 5.12. The Balaban J connectivity index is 1.53. The van der Waals surface area contributed by atoms with E-state index >= 15 is 4.39 Å². The second kappa shape index (κ2) is 10.4. The first-order valence-electron chi connectivity index (χ1n) is 13.1. The fourth-order valence-electron chi connectivity index (χ4n) is 5.12. The molecule has 0 fully saturated rings. The van der Waals surface area contributed by atoms with Crippen molar-refractivity contribution < 1.29 is 26.7 Å². The normalized spacial score (nSPS) is 17.1. The lowest BCUT2D eigenvalue weighted by Gasteiger charge is -2.33. The molecule has 1 atom stereocenters. The van der Waals surface area contributed by atoms with Crippen LogP contribution in [-0.2, 0) is 22.9 Å². The Morgan fingerprint density at radius 3 is 2.22 bits per heavy atom. The standard InChI is InChI=1S/C32H30F5N3O/c1-19-24-14-26(34)29(39(4)5)15-28(24)40(16-20-6-8-22(9-7-20)32(35,36)37)17-25(19)27-18-41-30(38-27)31(2,3)21-10-12-23(33)13-11-21/h6-15,17,27H,1,16,18H2,2-5H3. The molecular weight excluding hydrogens is 537 g/mol. The van der Waals surface area contributed by atoms with Gasteiger partial charge in [-0.25, -0.2) is 13.8 Å². The summed E-state index contributed by atoms with van der Waals surface area (Å²) in [6.07, 6.45) is -2.57. The van der Waals surface area contributed by atoms with E-state index in [1.165, 1.54) is 30.3 Å². The number of rotatable bonds is 6. The van der Waals surface area contributed by atoms with Crippen LogP contribution in [0.2, 0.25) is 0 Å². The minimum Gasteiger partial charge on any atom is -0.478 e. The summed E-state index contributed by atoms with van der Waals surface area (Å²) >= 11 is 0. The molecule has 214 valence electrons. The summed E-state index contributed by atoms with van der Waals surface area (Å²) in [4.78, 5) is 8.41. The summed E-state index contributed by atoms with van der Waals surface area (Å²) in [6, 6.07) is 13.9. The Morgan fingerprint density at radius 1 is 0.976 bits per heavy atom. The summed E-state index contributed by atoms with van der Waals surface area (Å²) in [6.45, 7) is 8.62. The minimum absolute atomic E-state index is 0.229. The van der Waals surface area contributed by atoms with Gasteiger partial charge >= 0.3 is 6.18 Å². The zero-order valence-corrected chi connectivity index (χ0v) is 23.2. The molecule has 9 heteroatoms. The number of benzene rings is 3. The van der Waals surface area contributed by atoms with Gasteiger partial charge in [0, 0.05) is 38.0 Å². The molecule has 0 aliphatic carbocycles. The highest BCUT2D eigenvalue weighted by molar-refractivity contribution is 5.93. The summed E-state index contributed by atoms with van der Waals surface area (Å²) in [5.41, 5.74) is 3.04. The predicted molar refractivity (Wildman–Crippen MR) is 152 cm³/mol. The zero-order chi connectivity index (χ0) is 29.7. The van der Waals surface area contributed by atoms with Gasteiger partial charge in [0.1, 0.15) is 24.3 Å². The van der Waals surface area contributed by atoms with Crippen molar-refractivity contribution in [1.29, 1.82) is 0 Å². The molecule has 41 heavy (non-hydrogen) atoms. The Kier molecular flexibility index (Phi) is 7.17. The molecular formula is C32H30F5N3O. The van der Waals surface area contributed by atoms with Crippen molar-refractivity contribution in [3.05, 3.63) is 113 Å². The Hall–Kier alpha value is -4.14. The SMILES string of the molecule is C=C1C(C2COC(C(C)(C)c3ccc(F)cc3)=N2)=CN(Cc2ccc(C(F)(F)F)cc2)c2cc(N(C)C)c(F)cc21. The van der Waals surface area contributed by atoms with Crippen LogP contribution in [0.5, 0.6) is 0 Å². The number of halogens is 5. The predicted octanol–water partition coefficient (Wildman–Crippen LogP) is 7.74. The number of hydrogen-bond donors (Lipinski definition) is 0. The molecule has 0 bridgehead atoms. The maximum atomic E-state index is 15.1. The lowest BCUT2D eigenvalue weighted by Crippen LogP contribution is -2.29. The van der Waals surface area contributed by atoms with Crippen LogP contribution in [-0.4, -0.2) is 32.6 Å². The van der Waals surface area contributed by atoms with Crippen LogP contribution in [0, 0.1) is 11.6 Å². The van der Waals surface area contributed by atoms with Gasteiger partial charge in [-0.2, -0.15) is 13.2 Å². The van der Waals surface area contributed by atoms with Crippen LogP contribution < -0.4 is 9.80 Å². The van der Waals surface area contributed by atoms with Gasteiger partial charge in [-0.3, -0.25) is 0 Å². The summed E-state index contributed by atoms with van der Waals surface area (Å²) < 4.78 is 74.1. The van der Waals surface area contributed by atoms with Gasteiger partial charge in [0.15, 0.2) is 5.90 Å². The van der Waals surface area contributed by atoms with Crippen molar-refractivity contribution in [3.63, 3.8) is 0 Å². The number of fused-ring (bicyclic) bond motifs is 1. The maximum absolute atomic E-state index is 15.1. The van der Waals surface area contributed by atoms with E-state index in [-0.39, 0.29) is 19.0 Å². The number of ether oxygens (including phenoxy) is 1. The van der Waals surface area contributed by atoms with E-state index in [1.54, 1.807) is 37.2 Å². The molecule has 0 amide bonds. The van der Waals surface area contributed by atoms with E-state index in [0.717, 1.165) is 17.7 Å². The van der Waals surface area contributed by atoms with Crippen LogP contribution in [0.1, 0.15) is 36.1 Å². The van der Waals surface area contributed by atoms with Gasteiger partial charge in [-0.05, 0) is 66.9 Å². The quantitative estimate of drug-likeness (QED) is 0.285. The van der Waals surface area contributed by atoms with Crippen LogP contribution in [0.4, 0.5) is 33.3 Å². The van der Waals surface area contributed by atoms with Gasteiger partial charge in [-0.15, -0.1) is 0 Å². The molecule has 3 aromatic carbocycles. The van der Waals surface area contributed by atoms with Crippen LogP contribution in [0.15, 0.2) is 84.0 Å². The molecule has 0 N–H and O–H groups in total. The maximum Gasteiger partial charge on any atom is 0.416 e. The lowest BCUT2D eigenvalue weighted by molar-refractivity contribution is -0.137. The van der Waals surface area contributed by atoms with Crippen molar-refractivity contribution in [2.24, 2.45) is 4.99 Å². The molecule has 0 saturated carbocycles. The first-order valence-corrected chi connectivity index (χ1v) is 13.1. The average molecular weight is 568 g/mol. The molecule has 0 spiro atoms. The molecule has 2 heterocycles. The Labute approximate surface area is 236 Å². The van der Waals surface area contributed by atoms with Crippen LogP contribution in [0.3, 0.4) is 0 Å². The third kappa shape index (κ3) is 5.45. The van der Waals surface area contributed by atoms with Gasteiger partial charge in [0.25, 0.3) is 0 Å². The molecule has 4 nitrogen and oxygen atoms in total. The molecule has 0 radical (unpaired) electrons. The third-order valence-corrected chi connectivity index (χ3v) is 7.57. The second-order valence-corrected chi connectivity index (χ2v) is 11.0. The topological polar surface area (TPSA) is 28.1 Å². The lowest BCUT2D eigenvalue weighted by atomic mass is 9.84. The third-order valence-electron chi connectivity index (χ3n) is 7.57. The molecule has 2 aliphatic heterocycles. The Bertz CT molecular complexity index is 1540. The number of alkyl halides is 3. The van der Waals surface area contributed by atoms with Gasteiger partial charge < -0.3 is 14.5 Å². The van der Waals surface area contributed by atoms with E-state index < -0.39 is 29.0 Å². The molecule has 1 unspecified atom stereocenters. The van der Waals surface area contributed by atoms with Crippen LogP contribution in [0.25, 0.3) is 5.57 Å². The highest BCUT2D eigenvalue weighted by atomic mass is 19.4. The monoisotopic (exact) mass is 567 g/mol. The molecule has 5 rings (SSSR count). The molecule has 0 aromatic heterocycles. The smallest absolute Gasteiger partial charge is 0.416 e. The average Bonchev–Trinajstić information content (AvgIpc) is 3.41. The second-order valence-electron chi connectivity index (χ2n) is 11.0. The first kappa shape index (κ1) is 28.4. The summed E-state index contributed by atoms with van der Waals surface area (Å²) in [5, 5.41) is 0. The van der Waals surface area contributed by atoms with Crippen molar-refractivity contribution in [3.8, 4) is 0 Å². The van der Waals surface area contributed by atoms with E-state index in [0.29, 0.717) is 39.5 Å². The van der Waals surface area contributed by atoms with E-state index in [4.69, 9.17) is 9.73 Å². The number of hydrogen-bond acceptors (Lipinski definition) is 4.